The van der Waals surface area contributed by atoms with Gasteiger partial charge >= 0.3 is 0 Å². The Morgan fingerprint density at radius 2 is 1.73 bits per heavy atom. The van der Waals surface area contributed by atoms with Gasteiger partial charge in [-0.1, -0.05) is 5.16 Å². The zero-order valence-electron chi connectivity index (χ0n) is 16.5. The second kappa shape index (κ2) is 7.61. The lowest BCUT2D eigenvalue weighted by Gasteiger charge is -2.34. The van der Waals surface area contributed by atoms with Gasteiger partial charge in [-0.2, -0.15) is 5.10 Å². The van der Waals surface area contributed by atoms with Crippen molar-refractivity contribution in [2.24, 2.45) is 7.05 Å². The summed E-state index contributed by atoms with van der Waals surface area (Å²) in [5, 5.41) is 8.45. The van der Waals surface area contributed by atoms with Crippen molar-refractivity contribution >= 4 is 5.91 Å². The Bertz CT molecular complexity index is 765. The van der Waals surface area contributed by atoms with E-state index in [4.69, 9.17) is 4.52 Å². The monoisotopic (exact) mass is 359 g/mol. The highest BCUT2D eigenvalue weighted by molar-refractivity contribution is 5.76. The molecule has 7 heteroatoms. The molecule has 7 nitrogen and oxygen atoms in total. The quantitative estimate of drug-likeness (QED) is 0.816. The van der Waals surface area contributed by atoms with Crippen LogP contribution in [-0.4, -0.2) is 56.8 Å². The zero-order valence-corrected chi connectivity index (χ0v) is 16.5. The Morgan fingerprint density at radius 3 is 2.27 bits per heavy atom. The molecule has 142 valence electrons. The van der Waals surface area contributed by atoms with Crippen LogP contribution < -0.4 is 0 Å². The number of hydrogen-bond acceptors (Lipinski definition) is 5. The summed E-state index contributed by atoms with van der Waals surface area (Å²) in [4.78, 5) is 16.9. The predicted molar refractivity (Wildman–Crippen MR) is 98.8 cm³/mol. The largest absolute Gasteiger partial charge is 0.361 e. The Kier molecular flexibility index (Phi) is 5.46. The molecule has 3 rings (SSSR count). The maximum atomic E-state index is 12.6. The average molecular weight is 359 g/mol. The fourth-order valence-corrected chi connectivity index (χ4v) is 3.68. The number of nitrogens with zero attached hydrogens (tertiary/aromatic N) is 5. The molecule has 0 aliphatic carbocycles. The van der Waals surface area contributed by atoms with Crippen LogP contribution in [0.1, 0.15) is 40.4 Å². The van der Waals surface area contributed by atoms with Gasteiger partial charge in [0.1, 0.15) is 5.76 Å². The van der Waals surface area contributed by atoms with Crippen molar-refractivity contribution in [3.63, 3.8) is 0 Å². The Hall–Kier alpha value is -2.15. The Morgan fingerprint density at radius 1 is 1.04 bits per heavy atom. The molecule has 26 heavy (non-hydrogen) atoms. The van der Waals surface area contributed by atoms with E-state index in [1.807, 2.05) is 37.4 Å². The number of piperazine rings is 1. The summed E-state index contributed by atoms with van der Waals surface area (Å²) in [5.74, 6) is 1.13. The molecule has 0 bridgehead atoms. The lowest BCUT2D eigenvalue weighted by molar-refractivity contribution is -0.133. The minimum atomic E-state index is 0.240. The number of amides is 1. The highest BCUT2D eigenvalue weighted by atomic mass is 16.5. The first-order chi connectivity index (χ1) is 12.4. The Labute approximate surface area is 154 Å². The lowest BCUT2D eigenvalue weighted by Crippen LogP contribution is -2.48. The summed E-state index contributed by atoms with van der Waals surface area (Å²) in [5.41, 5.74) is 5.52. The van der Waals surface area contributed by atoms with Crippen LogP contribution >= 0.6 is 0 Å². The average Bonchev–Trinajstić information content (AvgIpc) is 3.06. The van der Waals surface area contributed by atoms with E-state index in [-0.39, 0.29) is 5.91 Å². The summed E-state index contributed by atoms with van der Waals surface area (Å²) in [6.07, 6.45) is 1.32. The van der Waals surface area contributed by atoms with Gasteiger partial charge in [0.15, 0.2) is 0 Å². The molecule has 0 N–H and O–H groups in total. The van der Waals surface area contributed by atoms with Crippen LogP contribution in [0.15, 0.2) is 4.52 Å². The topological polar surface area (TPSA) is 67.4 Å². The summed E-state index contributed by atoms with van der Waals surface area (Å²) in [6, 6.07) is 0. The summed E-state index contributed by atoms with van der Waals surface area (Å²) < 4.78 is 7.13. The van der Waals surface area contributed by atoms with Gasteiger partial charge in [-0.3, -0.25) is 14.4 Å². The van der Waals surface area contributed by atoms with E-state index in [9.17, 15) is 4.79 Å². The number of aromatic nitrogens is 3. The fraction of sp³-hybridized carbons (Fsp3) is 0.632. The molecular weight excluding hydrogens is 330 g/mol. The van der Waals surface area contributed by atoms with Crippen molar-refractivity contribution in [1.82, 2.24) is 24.7 Å². The van der Waals surface area contributed by atoms with Crippen LogP contribution in [0.25, 0.3) is 0 Å². The third-order valence-corrected chi connectivity index (χ3v) is 5.54. The van der Waals surface area contributed by atoms with Gasteiger partial charge in [0.2, 0.25) is 5.91 Å². The normalized spacial score (nSPS) is 15.7. The molecule has 2 aromatic rings. The van der Waals surface area contributed by atoms with Crippen molar-refractivity contribution in [1.29, 1.82) is 0 Å². The van der Waals surface area contributed by atoms with Gasteiger partial charge in [-0.15, -0.1) is 0 Å². The number of carbonyl (C=O) groups excluding carboxylic acids is 1. The van der Waals surface area contributed by atoms with Gasteiger partial charge in [0, 0.05) is 57.4 Å². The summed E-state index contributed by atoms with van der Waals surface area (Å²) in [6.45, 7) is 12.2. The first-order valence-electron chi connectivity index (χ1n) is 9.27. The predicted octanol–water partition coefficient (Wildman–Crippen LogP) is 1.92. The van der Waals surface area contributed by atoms with Crippen LogP contribution in [-0.2, 0) is 24.8 Å². The number of carbonyl (C=O) groups is 1. The lowest BCUT2D eigenvalue weighted by atomic mass is 10.1. The molecule has 0 spiro atoms. The highest BCUT2D eigenvalue weighted by Crippen LogP contribution is 2.18. The van der Waals surface area contributed by atoms with Crippen LogP contribution in [0.3, 0.4) is 0 Å². The highest BCUT2D eigenvalue weighted by Gasteiger charge is 2.23. The molecule has 1 fully saturated rings. The third kappa shape index (κ3) is 3.82. The fourth-order valence-electron chi connectivity index (χ4n) is 3.68. The van der Waals surface area contributed by atoms with Crippen molar-refractivity contribution in [2.45, 2.75) is 47.1 Å². The third-order valence-electron chi connectivity index (χ3n) is 5.54. The molecule has 1 saturated heterocycles. The summed E-state index contributed by atoms with van der Waals surface area (Å²) in [7, 11) is 1.95. The molecule has 0 aromatic carbocycles. The molecule has 1 aliphatic rings. The van der Waals surface area contributed by atoms with Gasteiger partial charge < -0.3 is 9.42 Å². The second-order valence-corrected chi connectivity index (χ2v) is 7.23. The molecule has 0 radical (unpaired) electrons. The van der Waals surface area contributed by atoms with Crippen molar-refractivity contribution < 1.29 is 9.32 Å². The van der Waals surface area contributed by atoms with E-state index in [0.29, 0.717) is 6.42 Å². The van der Waals surface area contributed by atoms with Crippen molar-refractivity contribution in [3.8, 4) is 0 Å². The van der Waals surface area contributed by atoms with Gasteiger partial charge in [-0.05, 0) is 39.7 Å². The Balaban J connectivity index is 1.49. The van der Waals surface area contributed by atoms with Crippen LogP contribution in [0.4, 0.5) is 0 Å². The summed E-state index contributed by atoms with van der Waals surface area (Å²) >= 11 is 0. The van der Waals surface area contributed by atoms with Gasteiger partial charge in [0.25, 0.3) is 0 Å². The minimum Gasteiger partial charge on any atom is -0.361 e. The molecule has 0 unspecified atom stereocenters. The molecular formula is C19H29N5O2. The van der Waals surface area contributed by atoms with E-state index < -0.39 is 0 Å². The van der Waals surface area contributed by atoms with Gasteiger partial charge in [0.05, 0.1) is 11.4 Å². The molecule has 1 aliphatic heterocycles. The van der Waals surface area contributed by atoms with E-state index in [1.165, 1.54) is 11.1 Å². The molecule has 3 heterocycles. The smallest absolute Gasteiger partial charge is 0.222 e. The van der Waals surface area contributed by atoms with Gasteiger partial charge in [-0.25, -0.2) is 0 Å². The zero-order chi connectivity index (χ0) is 18.8. The molecule has 0 atom stereocenters. The van der Waals surface area contributed by atoms with Crippen molar-refractivity contribution in [3.05, 3.63) is 34.0 Å². The van der Waals surface area contributed by atoms with Crippen LogP contribution in [0.5, 0.6) is 0 Å². The molecule has 1 amide bonds. The van der Waals surface area contributed by atoms with Crippen LogP contribution in [0, 0.1) is 27.7 Å². The minimum absolute atomic E-state index is 0.240. The standard InChI is InChI=1S/C19H29N5O2/c1-13-17(15(3)22(5)20-13)6-7-19(25)24-10-8-23(9-11-24)12-18-14(2)21-26-16(18)4/h6-12H2,1-5H3. The van der Waals surface area contributed by atoms with E-state index in [2.05, 4.69) is 22.1 Å². The maximum absolute atomic E-state index is 12.6. The number of aryl methyl sites for hydroxylation is 4. The first-order valence-corrected chi connectivity index (χ1v) is 9.27. The van der Waals surface area contributed by atoms with E-state index in [0.717, 1.165) is 62.0 Å². The van der Waals surface area contributed by atoms with E-state index >= 15 is 0 Å². The van der Waals surface area contributed by atoms with Crippen molar-refractivity contribution in [2.75, 3.05) is 26.2 Å². The number of hydrogen-bond donors (Lipinski definition) is 0. The maximum Gasteiger partial charge on any atom is 0.222 e. The second-order valence-electron chi connectivity index (χ2n) is 7.23. The molecule has 0 saturated carbocycles. The van der Waals surface area contributed by atoms with Crippen LogP contribution in [0.2, 0.25) is 0 Å². The molecule has 2 aromatic heterocycles. The SMILES string of the molecule is Cc1noc(C)c1CN1CCN(C(=O)CCc2c(C)nn(C)c2C)CC1. The first kappa shape index (κ1) is 18.6. The number of rotatable bonds is 5. The van der Waals surface area contributed by atoms with E-state index in [1.54, 1.807) is 0 Å².